The minimum atomic E-state index is -4.48. The monoisotopic (exact) mass is 407 g/mol. The fourth-order valence-corrected chi connectivity index (χ4v) is 3.77. The van der Waals surface area contributed by atoms with Gasteiger partial charge in [-0.3, -0.25) is 0 Å². The molecule has 1 heterocycles. The summed E-state index contributed by atoms with van der Waals surface area (Å²) in [4.78, 5) is 11.8. The van der Waals surface area contributed by atoms with Crippen molar-refractivity contribution in [3.8, 4) is 0 Å². The molecule has 0 radical (unpaired) electrons. The van der Waals surface area contributed by atoms with Crippen LogP contribution in [0, 0.1) is 0 Å². The second kappa shape index (κ2) is 6.85. The Labute approximate surface area is 164 Å². The summed E-state index contributed by atoms with van der Waals surface area (Å²) in [7, 11) is 1.31. The number of ether oxygens (including phenoxy) is 1. The van der Waals surface area contributed by atoms with Gasteiger partial charge in [0.15, 0.2) is 0 Å². The van der Waals surface area contributed by atoms with Crippen LogP contribution in [0.5, 0.6) is 0 Å². The third-order valence-corrected chi connectivity index (χ3v) is 5.24. The van der Waals surface area contributed by atoms with Gasteiger partial charge in [0.2, 0.25) is 0 Å². The number of benzene rings is 2. The molecule has 0 amide bonds. The smallest absolute Gasteiger partial charge is 0.416 e. The van der Waals surface area contributed by atoms with Crippen molar-refractivity contribution in [2.45, 2.75) is 31.5 Å². The van der Waals surface area contributed by atoms with E-state index in [1.165, 1.54) is 19.2 Å². The number of aromatic nitrogens is 1. The van der Waals surface area contributed by atoms with Gasteiger partial charge in [-0.15, -0.1) is 0 Å². The van der Waals surface area contributed by atoms with E-state index >= 15 is 0 Å². The minimum Gasteiger partial charge on any atom is -0.465 e. The summed E-state index contributed by atoms with van der Waals surface area (Å²) >= 11 is 5.79. The molecule has 1 aromatic heterocycles. The summed E-state index contributed by atoms with van der Waals surface area (Å²) in [6.07, 6.45) is -2.37. The predicted molar refractivity (Wildman–Crippen MR) is 101 cm³/mol. The van der Waals surface area contributed by atoms with Gasteiger partial charge in [0, 0.05) is 34.1 Å². The number of alkyl halides is 3. The van der Waals surface area contributed by atoms with Crippen LogP contribution in [0.25, 0.3) is 10.9 Å². The minimum absolute atomic E-state index is 0.0570. The Kier molecular flexibility index (Phi) is 4.62. The fraction of sp³-hybridized carbons (Fsp3) is 0.286. The Morgan fingerprint density at radius 3 is 2.57 bits per heavy atom. The van der Waals surface area contributed by atoms with Gasteiger partial charge in [-0.05, 0) is 54.8 Å². The zero-order valence-electron chi connectivity index (χ0n) is 15.0. The molecule has 0 bridgehead atoms. The van der Waals surface area contributed by atoms with E-state index in [9.17, 15) is 18.0 Å². The summed E-state index contributed by atoms with van der Waals surface area (Å²) in [5.74, 6) is -0.445. The SMILES string of the molecule is COC(=O)c1ccc2c(c1)cc(Cc1ccc(Cl)cc1C(F)(F)F)n2C1CC1. The number of nitrogens with zero attached hydrogens (tertiary/aromatic N) is 1. The van der Waals surface area contributed by atoms with Crippen LogP contribution in [0.2, 0.25) is 5.02 Å². The Morgan fingerprint density at radius 1 is 1.18 bits per heavy atom. The van der Waals surface area contributed by atoms with Crippen LogP contribution in [-0.4, -0.2) is 17.6 Å². The van der Waals surface area contributed by atoms with Crippen molar-refractivity contribution in [3.63, 3.8) is 0 Å². The molecule has 2 aromatic carbocycles. The van der Waals surface area contributed by atoms with Crippen molar-refractivity contribution in [1.29, 1.82) is 0 Å². The maximum Gasteiger partial charge on any atom is 0.416 e. The Morgan fingerprint density at radius 2 is 1.93 bits per heavy atom. The van der Waals surface area contributed by atoms with Crippen LogP contribution in [0.15, 0.2) is 42.5 Å². The van der Waals surface area contributed by atoms with Crippen molar-refractivity contribution < 1.29 is 22.7 Å². The highest BCUT2D eigenvalue weighted by atomic mass is 35.5. The summed E-state index contributed by atoms with van der Waals surface area (Å²) < 4.78 is 47.3. The van der Waals surface area contributed by atoms with Crippen molar-refractivity contribution in [2.24, 2.45) is 0 Å². The van der Waals surface area contributed by atoms with Crippen molar-refractivity contribution >= 4 is 28.5 Å². The lowest BCUT2D eigenvalue weighted by Crippen LogP contribution is -2.11. The van der Waals surface area contributed by atoms with Crippen LogP contribution in [-0.2, 0) is 17.3 Å². The van der Waals surface area contributed by atoms with Crippen molar-refractivity contribution in [1.82, 2.24) is 4.57 Å². The van der Waals surface area contributed by atoms with E-state index in [-0.39, 0.29) is 23.0 Å². The number of hydrogen-bond donors (Lipinski definition) is 0. The number of hydrogen-bond acceptors (Lipinski definition) is 2. The highest BCUT2D eigenvalue weighted by Gasteiger charge is 2.34. The molecule has 1 aliphatic carbocycles. The molecule has 0 unspecified atom stereocenters. The third kappa shape index (κ3) is 3.49. The summed E-state index contributed by atoms with van der Waals surface area (Å²) in [6.45, 7) is 0. The second-order valence-corrected chi connectivity index (χ2v) is 7.41. The van der Waals surface area contributed by atoms with E-state index < -0.39 is 17.7 Å². The van der Waals surface area contributed by atoms with E-state index in [4.69, 9.17) is 16.3 Å². The lowest BCUT2D eigenvalue weighted by atomic mass is 10.0. The van der Waals surface area contributed by atoms with Gasteiger partial charge in [-0.2, -0.15) is 13.2 Å². The molecule has 3 nitrogen and oxygen atoms in total. The highest BCUT2D eigenvalue weighted by Crippen LogP contribution is 2.41. The van der Waals surface area contributed by atoms with Crippen molar-refractivity contribution in [3.05, 3.63) is 69.9 Å². The first-order valence-electron chi connectivity index (χ1n) is 8.85. The summed E-state index contributed by atoms with van der Waals surface area (Å²) in [6, 6.07) is 11.2. The lowest BCUT2D eigenvalue weighted by Gasteiger charge is -2.15. The molecule has 0 saturated heterocycles. The van der Waals surface area contributed by atoms with E-state index in [0.717, 1.165) is 35.5 Å². The second-order valence-electron chi connectivity index (χ2n) is 6.98. The number of methoxy groups -OCH3 is 1. The predicted octanol–water partition coefficient (Wildman–Crippen LogP) is 6.03. The summed E-state index contributed by atoms with van der Waals surface area (Å²) in [5.41, 5.74) is 1.56. The topological polar surface area (TPSA) is 31.2 Å². The first-order chi connectivity index (χ1) is 13.3. The van der Waals surface area contributed by atoms with Crippen LogP contribution in [0.3, 0.4) is 0 Å². The molecule has 7 heteroatoms. The van der Waals surface area contributed by atoms with Gasteiger partial charge in [0.05, 0.1) is 18.2 Å². The number of rotatable bonds is 4. The van der Waals surface area contributed by atoms with Gasteiger partial charge < -0.3 is 9.30 Å². The fourth-order valence-electron chi connectivity index (χ4n) is 3.60. The molecule has 1 fully saturated rings. The molecular formula is C21H17ClF3NO2. The molecule has 3 aromatic rings. The third-order valence-electron chi connectivity index (χ3n) is 5.00. The lowest BCUT2D eigenvalue weighted by molar-refractivity contribution is -0.138. The zero-order chi connectivity index (χ0) is 20.1. The standard InChI is InChI=1S/C21H17ClF3NO2/c1-28-20(27)13-3-7-19-14(8-13)10-17(26(19)16-5-6-16)9-12-2-4-15(22)11-18(12)21(23,24)25/h2-4,7-8,10-11,16H,5-6,9H2,1H3. The first kappa shape index (κ1) is 18.9. The van der Waals surface area contributed by atoms with E-state index in [2.05, 4.69) is 4.57 Å². The molecule has 1 aliphatic rings. The van der Waals surface area contributed by atoms with Crippen LogP contribution in [0.1, 0.15) is 46.1 Å². The molecule has 28 heavy (non-hydrogen) atoms. The Hall–Kier alpha value is -2.47. The van der Waals surface area contributed by atoms with Crippen LogP contribution < -0.4 is 0 Å². The number of halogens is 4. The molecule has 0 aliphatic heterocycles. The van der Waals surface area contributed by atoms with Gasteiger partial charge in [0.1, 0.15) is 0 Å². The average molecular weight is 408 g/mol. The van der Waals surface area contributed by atoms with E-state index in [1.54, 1.807) is 12.1 Å². The Balaban J connectivity index is 1.81. The van der Waals surface area contributed by atoms with Gasteiger partial charge in [0.25, 0.3) is 0 Å². The molecular weight excluding hydrogens is 391 g/mol. The molecule has 4 rings (SSSR count). The molecule has 146 valence electrons. The highest BCUT2D eigenvalue weighted by molar-refractivity contribution is 6.30. The Bertz CT molecular complexity index is 1070. The van der Waals surface area contributed by atoms with Crippen LogP contribution in [0.4, 0.5) is 13.2 Å². The number of fused-ring (bicyclic) bond motifs is 1. The first-order valence-corrected chi connectivity index (χ1v) is 9.23. The van der Waals surface area contributed by atoms with Gasteiger partial charge in [-0.25, -0.2) is 4.79 Å². The quantitative estimate of drug-likeness (QED) is 0.495. The van der Waals surface area contributed by atoms with E-state index in [0.29, 0.717) is 5.56 Å². The van der Waals surface area contributed by atoms with E-state index in [1.807, 2.05) is 12.1 Å². The van der Waals surface area contributed by atoms with Gasteiger partial charge in [-0.1, -0.05) is 17.7 Å². The largest absolute Gasteiger partial charge is 0.465 e. The molecule has 0 spiro atoms. The number of esters is 1. The molecule has 1 saturated carbocycles. The number of carbonyl (C=O) groups excluding carboxylic acids is 1. The van der Waals surface area contributed by atoms with Gasteiger partial charge >= 0.3 is 12.1 Å². The van der Waals surface area contributed by atoms with Crippen LogP contribution >= 0.6 is 11.6 Å². The summed E-state index contributed by atoms with van der Waals surface area (Å²) in [5, 5.41) is 0.869. The zero-order valence-corrected chi connectivity index (χ0v) is 15.8. The molecule has 0 N–H and O–H groups in total. The molecule has 0 atom stereocenters. The average Bonchev–Trinajstić information content (AvgIpc) is 3.42. The maximum atomic E-state index is 13.5. The maximum absolute atomic E-state index is 13.5. The number of carbonyl (C=O) groups is 1. The van der Waals surface area contributed by atoms with Crippen molar-refractivity contribution in [2.75, 3.05) is 7.11 Å². The normalized spacial score (nSPS) is 14.5.